The minimum atomic E-state index is -0.972. The smallest absolute Gasteiger partial charge is 0.338 e. The summed E-state index contributed by atoms with van der Waals surface area (Å²) < 4.78 is 24.1. The fraction of sp³-hybridized carbons (Fsp3) is 0.233. The lowest BCUT2D eigenvalue weighted by Gasteiger charge is -2.22. The highest BCUT2D eigenvalue weighted by atomic mass is 32.1. The maximum Gasteiger partial charge on any atom is 0.338 e. The van der Waals surface area contributed by atoms with E-state index >= 15 is 0 Å². The van der Waals surface area contributed by atoms with Crippen LogP contribution in [0, 0.1) is 17.0 Å². The van der Waals surface area contributed by atoms with E-state index in [1.165, 1.54) is 35.1 Å². The van der Waals surface area contributed by atoms with Gasteiger partial charge < -0.3 is 18.6 Å². The number of nitro groups is 1. The molecule has 5 rings (SSSR count). The molecule has 0 aliphatic carbocycles. The molecule has 42 heavy (non-hydrogen) atoms. The zero-order valence-electron chi connectivity index (χ0n) is 23.5. The molecule has 0 amide bonds. The monoisotopic (exact) mass is 589 g/mol. The van der Waals surface area contributed by atoms with Crippen LogP contribution in [0.2, 0.25) is 0 Å². The largest absolute Gasteiger partial charge is 0.493 e. The number of non-ortho nitro benzene ring substituents is 1. The molecule has 216 valence electrons. The van der Waals surface area contributed by atoms with Crippen LogP contribution in [0.5, 0.6) is 11.5 Å². The molecule has 0 saturated carbocycles. The normalized spacial score (nSPS) is 14.8. The van der Waals surface area contributed by atoms with E-state index in [1.807, 2.05) is 6.92 Å². The van der Waals surface area contributed by atoms with Gasteiger partial charge in [-0.3, -0.25) is 19.5 Å². The molecule has 0 unspecified atom stereocenters. The van der Waals surface area contributed by atoms with E-state index in [2.05, 4.69) is 4.99 Å². The van der Waals surface area contributed by atoms with Crippen molar-refractivity contribution < 1.29 is 28.3 Å². The number of ether oxygens (including phenoxy) is 3. The number of benzene rings is 2. The van der Waals surface area contributed by atoms with Crippen LogP contribution >= 0.6 is 11.3 Å². The van der Waals surface area contributed by atoms with Gasteiger partial charge in [0.25, 0.3) is 11.2 Å². The van der Waals surface area contributed by atoms with Crippen molar-refractivity contribution in [2.24, 2.45) is 4.99 Å². The van der Waals surface area contributed by atoms with Gasteiger partial charge in [-0.2, -0.15) is 0 Å². The van der Waals surface area contributed by atoms with Gasteiger partial charge in [0.1, 0.15) is 17.6 Å². The molecular formula is C30H27N3O8S. The summed E-state index contributed by atoms with van der Waals surface area (Å²) in [7, 11) is 3.07. The average Bonchev–Trinajstić information content (AvgIpc) is 3.57. The molecule has 12 heteroatoms. The number of aryl methyl sites for hydroxylation is 1. The highest BCUT2D eigenvalue weighted by Gasteiger charge is 2.35. The summed E-state index contributed by atoms with van der Waals surface area (Å²) in [6, 6.07) is 12.1. The fourth-order valence-electron chi connectivity index (χ4n) is 4.79. The third-order valence-electron chi connectivity index (χ3n) is 6.82. The second-order valence-electron chi connectivity index (χ2n) is 9.38. The van der Waals surface area contributed by atoms with Gasteiger partial charge in [-0.1, -0.05) is 23.5 Å². The van der Waals surface area contributed by atoms with Gasteiger partial charge in [-0.25, -0.2) is 9.79 Å². The Hall–Kier alpha value is -4.97. The van der Waals surface area contributed by atoms with Crippen LogP contribution < -0.4 is 24.4 Å². The van der Waals surface area contributed by atoms with Crippen molar-refractivity contribution in [3.63, 3.8) is 0 Å². The van der Waals surface area contributed by atoms with Crippen molar-refractivity contribution in [1.29, 1.82) is 0 Å². The molecule has 0 N–H and O–H groups in total. The van der Waals surface area contributed by atoms with Crippen LogP contribution in [0.15, 0.2) is 74.0 Å². The molecule has 1 atom stereocenters. The zero-order chi connectivity index (χ0) is 30.1. The van der Waals surface area contributed by atoms with Crippen molar-refractivity contribution in [3.8, 4) is 22.8 Å². The highest BCUT2D eigenvalue weighted by molar-refractivity contribution is 7.07. The number of carbonyl (C=O) groups excluding carboxylic acids is 1. The summed E-state index contributed by atoms with van der Waals surface area (Å²) in [6.07, 6.45) is 1.71. The predicted octanol–water partition coefficient (Wildman–Crippen LogP) is 4.29. The maximum absolute atomic E-state index is 13.9. The lowest BCUT2D eigenvalue weighted by molar-refractivity contribution is -0.384. The van der Waals surface area contributed by atoms with Gasteiger partial charge in [0.2, 0.25) is 0 Å². The van der Waals surface area contributed by atoms with Crippen molar-refractivity contribution in [1.82, 2.24) is 4.57 Å². The van der Waals surface area contributed by atoms with Crippen molar-refractivity contribution in [3.05, 3.63) is 106 Å². The quantitative estimate of drug-likeness (QED) is 0.169. The molecule has 11 nitrogen and oxygen atoms in total. The van der Waals surface area contributed by atoms with Gasteiger partial charge in [-0.05, 0) is 62.2 Å². The van der Waals surface area contributed by atoms with Gasteiger partial charge in [0.05, 0.1) is 41.6 Å². The van der Waals surface area contributed by atoms with Crippen LogP contribution in [-0.2, 0) is 9.53 Å². The van der Waals surface area contributed by atoms with E-state index in [0.717, 1.165) is 5.56 Å². The van der Waals surface area contributed by atoms with Crippen LogP contribution in [0.25, 0.3) is 17.4 Å². The van der Waals surface area contributed by atoms with Crippen LogP contribution in [0.3, 0.4) is 0 Å². The number of hydrogen-bond acceptors (Lipinski definition) is 10. The Kier molecular flexibility index (Phi) is 7.81. The number of esters is 1. The first-order valence-corrected chi connectivity index (χ1v) is 13.7. The molecule has 1 aliphatic heterocycles. The molecule has 3 heterocycles. The number of nitrogens with zero attached hydrogens (tertiary/aromatic N) is 3. The standard InChI is InChI=1S/C30H27N3O8S/c1-6-40-29(35)26-17(3)31-30-32(28(34)25(42-30)14-18-8-10-22(38-4)24(13-18)39-5)27(26)23-12-11-21(41-23)20-15-19(33(36)37)9-7-16(20)2/h7-15,27H,6H2,1-5H3/b25-14-/t27-/m0/s1. The minimum absolute atomic E-state index is 0.0837. The van der Waals surface area contributed by atoms with Gasteiger partial charge in [0, 0.05) is 17.7 Å². The Morgan fingerprint density at radius 1 is 1.12 bits per heavy atom. The molecule has 0 fully saturated rings. The topological polar surface area (TPSA) is 135 Å². The minimum Gasteiger partial charge on any atom is -0.493 e. The number of allylic oxidation sites excluding steroid dienone is 1. The molecule has 0 saturated heterocycles. The highest BCUT2D eigenvalue weighted by Crippen LogP contribution is 2.36. The van der Waals surface area contributed by atoms with E-state index in [1.54, 1.807) is 63.4 Å². The Bertz CT molecular complexity index is 1930. The lowest BCUT2D eigenvalue weighted by atomic mass is 10.0. The average molecular weight is 590 g/mol. The number of carbonyl (C=O) groups is 1. The Labute approximate surface area is 243 Å². The van der Waals surface area contributed by atoms with Crippen molar-refractivity contribution in [2.45, 2.75) is 26.8 Å². The number of hydrogen-bond donors (Lipinski definition) is 0. The number of furan rings is 1. The predicted molar refractivity (Wildman–Crippen MR) is 155 cm³/mol. The van der Waals surface area contributed by atoms with Crippen LogP contribution in [-0.4, -0.2) is 36.3 Å². The summed E-state index contributed by atoms with van der Waals surface area (Å²) in [5.74, 6) is 1.08. The third kappa shape index (κ3) is 5.12. The van der Waals surface area contributed by atoms with Crippen molar-refractivity contribution >= 4 is 29.1 Å². The SMILES string of the molecule is CCOC(=O)C1=C(C)N=c2s/c(=C\c3ccc(OC)c(OC)c3)c(=O)n2[C@H]1c1ccc(-c2cc([N+](=O)[O-])ccc2C)o1. The Morgan fingerprint density at radius 2 is 1.88 bits per heavy atom. The molecule has 0 spiro atoms. The third-order valence-corrected chi connectivity index (χ3v) is 7.80. The van der Waals surface area contributed by atoms with Gasteiger partial charge in [0.15, 0.2) is 16.3 Å². The maximum atomic E-state index is 13.9. The number of thiazole rings is 1. The lowest BCUT2D eigenvalue weighted by Crippen LogP contribution is -2.39. The molecule has 2 aromatic carbocycles. The van der Waals surface area contributed by atoms with E-state index < -0.39 is 16.9 Å². The van der Waals surface area contributed by atoms with E-state index in [4.69, 9.17) is 18.6 Å². The van der Waals surface area contributed by atoms with Crippen molar-refractivity contribution in [2.75, 3.05) is 20.8 Å². The Balaban J connectivity index is 1.68. The second-order valence-corrected chi connectivity index (χ2v) is 10.4. The summed E-state index contributed by atoms with van der Waals surface area (Å²) in [6.45, 7) is 5.31. The molecule has 0 radical (unpaired) electrons. The summed E-state index contributed by atoms with van der Waals surface area (Å²) in [5, 5.41) is 11.4. The molecule has 2 aromatic heterocycles. The molecule has 1 aliphatic rings. The fourth-order valence-corrected chi connectivity index (χ4v) is 5.83. The number of nitro benzene ring substituents is 1. The van der Waals surface area contributed by atoms with Gasteiger partial charge in [-0.15, -0.1) is 0 Å². The number of aromatic nitrogens is 1. The summed E-state index contributed by atoms with van der Waals surface area (Å²) in [5.41, 5.74) is 2.09. The van der Waals surface area contributed by atoms with E-state index in [9.17, 15) is 19.7 Å². The summed E-state index contributed by atoms with van der Waals surface area (Å²) >= 11 is 1.17. The number of methoxy groups -OCH3 is 2. The molecule has 4 aromatic rings. The Morgan fingerprint density at radius 3 is 2.57 bits per heavy atom. The molecular weight excluding hydrogens is 562 g/mol. The van der Waals surface area contributed by atoms with Crippen LogP contribution in [0.1, 0.15) is 36.8 Å². The van der Waals surface area contributed by atoms with Crippen LogP contribution in [0.4, 0.5) is 5.69 Å². The summed E-state index contributed by atoms with van der Waals surface area (Å²) in [4.78, 5) is 43.0. The second kappa shape index (κ2) is 11.5. The molecule has 0 bridgehead atoms. The number of fused-ring (bicyclic) bond motifs is 1. The van der Waals surface area contributed by atoms with E-state index in [-0.39, 0.29) is 29.2 Å². The zero-order valence-corrected chi connectivity index (χ0v) is 24.3. The first-order valence-electron chi connectivity index (χ1n) is 12.9. The van der Waals surface area contributed by atoms with E-state index in [0.29, 0.717) is 43.4 Å². The number of rotatable bonds is 8. The van der Waals surface area contributed by atoms with Gasteiger partial charge >= 0.3 is 5.97 Å². The first-order chi connectivity index (χ1) is 20.2. The first kappa shape index (κ1) is 28.6.